The van der Waals surface area contributed by atoms with E-state index in [4.69, 9.17) is 10.5 Å². The van der Waals surface area contributed by atoms with Gasteiger partial charge in [0.1, 0.15) is 13.2 Å². The van der Waals surface area contributed by atoms with Crippen LogP contribution in [0.2, 0.25) is 0 Å². The number of nitrogens with two attached hydrogens (primary N) is 1. The highest BCUT2D eigenvalue weighted by Gasteiger charge is 2.30. The fourth-order valence-corrected chi connectivity index (χ4v) is 3.88. The van der Waals surface area contributed by atoms with Crippen molar-refractivity contribution in [1.29, 1.82) is 0 Å². The van der Waals surface area contributed by atoms with Crippen LogP contribution in [0.15, 0.2) is 72.8 Å². The van der Waals surface area contributed by atoms with Crippen LogP contribution in [0.25, 0.3) is 11.1 Å². The molecule has 0 bridgehead atoms. The largest absolute Gasteiger partial charge is 0.480 e. The van der Waals surface area contributed by atoms with E-state index < -0.39 is 18.6 Å². The standard InChI is InChI=1S/C24H22N2O4/c25-13-16-9-11-17(12-10-16)26(14-23(27)28)24(29)30-15-22-20-7-3-1-5-18(20)19-6-2-4-8-21(19)22/h1-12,22H,13-15,25H2,(H,27,28). The van der Waals surface area contributed by atoms with Gasteiger partial charge in [-0.3, -0.25) is 9.69 Å². The molecule has 0 saturated carbocycles. The number of anilines is 1. The molecule has 0 saturated heterocycles. The van der Waals surface area contributed by atoms with Crippen LogP contribution < -0.4 is 10.6 Å². The van der Waals surface area contributed by atoms with E-state index in [2.05, 4.69) is 12.1 Å². The average Bonchev–Trinajstić information content (AvgIpc) is 3.09. The van der Waals surface area contributed by atoms with E-state index >= 15 is 0 Å². The Bertz CT molecular complexity index is 1030. The molecule has 0 radical (unpaired) electrons. The summed E-state index contributed by atoms with van der Waals surface area (Å²) in [5.41, 5.74) is 11.4. The molecule has 0 aromatic heterocycles. The normalized spacial score (nSPS) is 12.2. The van der Waals surface area contributed by atoms with Crippen LogP contribution in [0.1, 0.15) is 22.6 Å². The predicted molar refractivity (Wildman–Crippen MR) is 114 cm³/mol. The highest BCUT2D eigenvalue weighted by atomic mass is 16.6. The second-order valence-corrected chi connectivity index (χ2v) is 7.15. The number of nitrogens with zero attached hydrogens (tertiary/aromatic N) is 1. The number of carboxylic acids is 1. The van der Waals surface area contributed by atoms with E-state index in [-0.39, 0.29) is 12.5 Å². The molecule has 0 unspecified atom stereocenters. The molecule has 1 aliphatic carbocycles. The summed E-state index contributed by atoms with van der Waals surface area (Å²) in [5.74, 6) is -1.21. The molecule has 1 amide bonds. The molecule has 6 heteroatoms. The summed E-state index contributed by atoms with van der Waals surface area (Å²) < 4.78 is 5.61. The summed E-state index contributed by atoms with van der Waals surface area (Å²) in [6.07, 6.45) is -0.695. The lowest BCUT2D eigenvalue weighted by molar-refractivity contribution is -0.135. The minimum atomic E-state index is -1.12. The Morgan fingerprint density at radius 1 is 0.900 bits per heavy atom. The summed E-state index contributed by atoms with van der Waals surface area (Å²) in [4.78, 5) is 25.3. The second kappa shape index (κ2) is 8.39. The number of fused-ring (bicyclic) bond motifs is 3. The van der Waals surface area contributed by atoms with Gasteiger partial charge in [0.15, 0.2) is 0 Å². The summed E-state index contributed by atoms with van der Waals surface area (Å²) >= 11 is 0. The first-order valence-electron chi connectivity index (χ1n) is 9.72. The van der Waals surface area contributed by atoms with E-state index in [1.807, 2.05) is 36.4 Å². The third kappa shape index (κ3) is 3.77. The number of carboxylic acid groups (broad SMARTS) is 1. The Hall–Kier alpha value is -3.64. The zero-order chi connectivity index (χ0) is 21.1. The van der Waals surface area contributed by atoms with E-state index in [9.17, 15) is 14.7 Å². The number of hydrogen-bond donors (Lipinski definition) is 2. The Morgan fingerprint density at radius 2 is 1.47 bits per heavy atom. The zero-order valence-corrected chi connectivity index (χ0v) is 16.3. The first-order chi connectivity index (χ1) is 14.6. The minimum absolute atomic E-state index is 0.0901. The van der Waals surface area contributed by atoms with Crippen molar-refractivity contribution in [3.63, 3.8) is 0 Å². The molecule has 0 spiro atoms. The molecule has 3 aromatic rings. The van der Waals surface area contributed by atoms with E-state index in [1.54, 1.807) is 24.3 Å². The maximum Gasteiger partial charge on any atom is 0.414 e. The third-order valence-corrected chi connectivity index (χ3v) is 5.33. The molecule has 3 aromatic carbocycles. The van der Waals surface area contributed by atoms with Gasteiger partial charge in [0, 0.05) is 18.2 Å². The van der Waals surface area contributed by atoms with Crippen molar-refractivity contribution in [3.8, 4) is 11.1 Å². The molecule has 0 atom stereocenters. The lowest BCUT2D eigenvalue weighted by Gasteiger charge is -2.22. The van der Waals surface area contributed by atoms with Gasteiger partial charge in [-0.25, -0.2) is 4.79 Å². The molecule has 0 aliphatic heterocycles. The summed E-state index contributed by atoms with van der Waals surface area (Å²) in [6, 6.07) is 23.0. The molecule has 1 aliphatic rings. The van der Waals surface area contributed by atoms with Crippen LogP contribution in [-0.4, -0.2) is 30.3 Å². The minimum Gasteiger partial charge on any atom is -0.480 e. The van der Waals surface area contributed by atoms with Crippen LogP contribution >= 0.6 is 0 Å². The van der Waals surface area contributed by atoms with E-state index in [1.165, 1.54) is 0 Å². The van der Waals surface area contributed by atoms with Gasteiger partial charge in [-0.1, -0.05) is 60.7 Å². The van der Waals surface area contributed by atoms with Crippen LogP contribution in [-0.2, 0) is 16.1 Å². The van der Waals surface area contributed by atoms with Crippen molar-refractivity contribution in [3.05, 3.63) is 89.5 Å². The number of carbonyl (C=O) groups is 2. The molecule has 4 rings (SSSR count). The predicted octanol–water partition coefficient (Wildman–Crippen LogP) is 3.99. The number of amides is 1. The Labute approximate surface area is 174 Å². The molecule has 30 heavy (non-hydrogen) atoms. The number of hydrogen-bond acceptors (Lipinski definition) is 4. The van der Waals surface area contributed by atoms with Gasteiger partial charge >= 0.3 is 12.1 Å². The number of rotatable bonds is 6. The van der Waals surface area contributed by atoms with Crippen molar-refractivity contribution in [2.75, 3.05) is 18.1 Å². The van der Waals surface area contributed by atoms with Gasteiger partial charge in [0.05, 0.1) is 0 Å². The van der Waals surface area contributed by atoms with Crippen LogP contribution in [0, 0.1) is 0 Å². The van der Waals surface area contributed by atoms with Gasteiger partial charge in [0.25, 0.3) is 0 Å². The monoisotopic (exact) mass is 402 g/mol. The molecule has 0 fully saturated rings. The average molecular weight is 402 g/mol. The topological polar surface area (TPSA) is 92.9 Å². The van der Waals surface area contributed by atoms with Gasteiger partial charge in [-0.2, -0.15) is 0 Å². The number of benzene rings is 3. The van der Waals surface area contributed by atoms with Gasteiger partial charge in [0.2, 0.25) is 0 Å². The van der Waals surface area contributed by atoms with Crippen molar-refractivity contribution in [1.82, 2.24) is 0 Å². The van der Waals surface area contributed by atoms with Gasteiger partial charge in [-0.15, -0.1) is 0 Å². The first-order valence-corrected chi connectivity index (χ1v) is 9.72. The Morgan fingerprint density at radius 3 is 2.00 bits per heavy atom. The maximum absolute atomic E-state index is 12.8. The van der Waals surface area contributed by atoms with Gasteiger partial charge < -0.3 is 15.6 Å². The van der Waals surface area contributed by atoms with Crippen LogP contribution in [0.4, 0.5) is 10.5 Å². The van der Waals surface area contributed by atoms with Crippen molar-refractivity contribution in [2.24, 2.45) is 5.73 Å². The van der Waals surface area contributed by atoms with Crippen LogP contribution in [0.5, 0.6) is 0 Å². The van der Waals surface area contributed by atoms with Crippen molar-refractivity contribution >= 4 is 17.7 Å². The van der Waals surface area contributed by atoms with E-state index in [0.717, 1.165) is 32.7 Å². The zero-order valence-electron chi connectivity index (χ0n) is 16.3. The fourth-order valence-electron chi connectivity index (χ4n) is 3.88. The fraction of sp³-hybridized carbons (Fsp3) is 0.167. The van der Waals surface area contributed by atoms with Crippen molar-refractivity contribution < 1.29 is 19.4 Å². The maximum atomic E-state index is 12.8. The lowest BCUT2D eigenvalue weighted by Crippen LogP contribution is -2.36. The Kier molecular flexibility index (Phi) is 5.50. The molecule has 152 valence electrons. The quantitative estimate of drug-likeness (QED) is 0.650. The molecular weight excluding hydrogens is 380 g/mol. The highest BCUT2D eigenvalue weighted by Crippen LogP contribution is 2.44. The molecular formula is C24H22N2O4. The van der Waals surface area contributed by atoms with E-state index in [0.29, 0.717) is 12.2 Å². The molecule has 6 nitrogen and oxygen atoms in total. The Balaban J connectivity index is 1.55. The number of aliphatic carboxylic acids is 1. The molecule has 3 N–H and O–H groups in total. The van der Waals surface area contributed by atoms with Gasteiger partial charge in [-0.05, 0) is 39.9 Å². The summed E-state index contributed by atoms with van der Waals surface area (Å²) in [6.45, 7) is 0.00661. The molecule has 0 heterocycles. The van der Waals surface area contributed by atoms with Crippen molar-refractivity contribution in [2.45, 2.75) is 12.5 Å². The second-order valence-electron chi connectivity index (χ2n) is 7.15. The SMILES string of the molecule is NCc1ccc(N(CC(=O)O)C(=O)OCC2c3ccccc3-c3ccccc32)cc1. The third-order valence-electron chi connectivity index (χ3n) is 5.33. The number of carbonyl (C=O) groups excluding carboxylic acids is 1. The highest BCUT2D eigenvalue weighted by molar-refractivity contribution is 5.93. The lowest BCUT2D eigenvalue weighted by atomic mass is 9.98. The first kappa shape index (κ1) is 19.7. The smallest absolute Gasteiger partial charge is 0.414 e. The summed E-state index contributed by atoms with van der Waals surface area (Å²) in [7, 11) is 0. The van der Waals surface area contributed by atoms with Crippen LogP contribution in [0.3, 0.4) is 0 Å². The summed E-state index contributed by atoms with van der Waals surface area (Å²) in [5, 5.41) is 9.27. The number of ether oxygens (including phenoxy) is 1.